The van der Waals surface area contributed by atoms with Crippen molar-refractivity contribution in [2.75, 3.05) is 36.4 Å². The summed E-state index contributed by atoms with van der Waals surface area (Å²) in [4.78, 5) is 22.6. The Labute approximate surface area is 204 Å². The van der Waals surface area contributed by atoms with Crippen LogP contribution < -0.4 is 10.2 Å². The number of nitrogens with zero attached hydrogens (tertiary/aromatic N) is 4. The predicted molar refractivity (Wildman–Crippen MR) is 132 cm³/mol. The number of sulfonamides is 1. The molecule has 0 bridgehead atoms. The molecule has 1 amide bonds. The fourth-order valence-electron chi connectivity index (χ4n) is 4.24. The predicted octanol–water partition coefficient (Wildman–Crippen LogP) is 3.29. The van der Waals surface area contributed by atoms with Gasteiger partial charge in [0.15, 0.2) is 0 Å². The van der Waals surface area contributed by atoms with Gasteiger partial charge in [-0.15, -0.1) is 0 Å². The molecule has 184 valence electrons. The molecule has 0 saturated carbocycles. The second-order valence-corrected chi connectivity index (χ2v) is 10.5. The highest BCUT2D eigenvalue weighted by atomic mass is 32.2. The number of anilines is 2. The first-order valence-electron chi connectivity index (χ1n) is 11.3. The van der Waals surface area contributed by atoms with Crippen molar-refractivity contribution in [2.45, 2.75) is 32.1 Å². The van der Waals surface area contributed by atoms with Crippen molar-refractivity contribution in [3.8, 4) is 0 Å². The van der Waals surface area contributed by atoms with E-state index in [1.165, 1.54) is 35.5 Å². The van der Waals surface area contributed by atoms with Gasteiger partial charge in [0.25, 0.3) is 0 Å². The van der Waals surface area contributed by atoms with Crippen molar-refractivity contribution < 1.29 is 17.6 Å². The third-order valence-electron chi connectivity index (χ3n) is 5.92. The van der Waals surface area contributed by atoms with Crippen molar-refractivity contribution in [1.82, 2.24) is 14.3 Å². The van der Waals surface area contributed by atoms with E-state index in [1.807, 2.05) is 19.9 Å². The van der Waals surface area contributed by atoms with E-state index < -0.39 is 10.0 Å². The molecule has 1 aliphatic rings. The number of nitrogens with one attached hydrogen (secondary N) is 1. The largest absolute Gasteiger partial charge is 0.354 e. The van der Waals surface area contributed by atoms with Gasteiger partial charge in [0.05, 0.1) is 4.90 Å². The van der Waals surface area contributed by atoms with E-state index in [1.54, 1.807) is 18.2 Å². The molecule has 8 nitrogen and oxygen atoms in total. The van der Waals surface area contributed by atoms with Gasteiger partial charge in [-0.05, 0) is 55.8 Å². The standard InChI is InChI=1S/C25H28FN5O3S/c1-17-24(16-20-5-4-6-21(26)15-20)25(28-18(2)27-17)30-11-13-31(14-12-30)35(33,34)23-9-7-22(8-10-23)29-19(3)32/h4-10,15H,11-14,16H2,1-3H3,(H,29,32). The number of carbonyl (C=O) groups excluding carboxylic acids is 1. The average molecular weight is 498 g/mol. The summed E-state index contributed by atoms with van der Waals surface area (Å²) in [7, 11) is -3.67. The molecule has 10 heteroatoms. The molecule has 1 aromatic heterocycles. The number of hydrogen-bond donors (Lipinski definition) is 1. The van der Waals surface area contributed by atoms with Crippen LogP contribution in [0.2, 0.25) is 0 Å². The zero-order chi connectivity index (χ0) is 25.2. The Balaban J connectivity index is 1.52. The number of piperazine rings is 1. The normalized spacial score (nSPS) is 14.7. The molecule has 4 rings (SSSR count). The number of amides is 1. The fourth-order valence-corrected chi connectivity index (χ4v) is 5.66. The Morgan fingerprint density at radius 3 is 2.34 bits per heavy atom. The van der Waals surface area contributed by atoms with Crippen LogP contribution in [0.15, 0.2) is 53.4 Å². The maximum Gasteiger partial charge on any atom is 0.243 e. The molecule has 0 aliphatic carbocycles. The lowest BCUT2D eigenvalue weighted by Crippen LogP contribution is -2.49. The number of carbonyl (C=O) groups is 1. The van der Waals surface area contributed by atoms with E-state index in [2.05, 4.69) is 20.2 Å². The number of rotatable bonds is 6. The lowest BCUT2D eigenvalue weighted by molar-refractivity contribution is -0.114. The maximum atomic E-state index is 13.7. The van der Waals surface area contributed by atoms with Crippen molar-refractivity contribution in [2.24, 2.45) is 0 Å². The van der Waals surface area contributed by atoms with E-state index in [4.69, 9.17) is 0 Å². The third-order valence-corrected chi connectivity index (χ3v) is 7.84. The zero-order valence-electron chi connectivity index (χ0n) is 20.0. The third kappa shape index (κ3) is 5.66. The van der Waals surface area contributed by atoms with Crippen LogP contribution in [0.3, 0.4) is 0 Å². The summed E-state index contributed by atoms with van der Waals surface area (Å²) in [6.45, 7) is 6.68. The monoisotopic (exact) mass is 497 g/mol. The van der Waals surface area contributed by atoms with Crippen molar-refractivity contribution in [3.05, 3.63) is 77.0 Å². The van der Waals surface area contributed by atoms with Gasteiger partial charge in [-0.3, -0.25) is 4.79 Å². The number of benzene rings is 2. The van der Waals surface area contributed by atoms with Gasteiger partial charge in [0.2, 0.25) is 15.9 Å². The molecule has 0 unspecified atom stereocenters. The van der Waals surface area contributed by atoms with Gasteiger partial charge in [-0.25, -0.2) is 22.8 Å². The summed E-state index contributed by atoms with van der Waals surface area (Å²) in [6.07, 6.45) is 0.484. The number of hydrogen-bond acceptors (Lipinski definition) is 6. The van der Waals surface area contributed by atoms with Crippen LogP contribution in [-0.4, -0.2) is 54.8 Å². The van der Waals surface area contributed by atoms with Crippen molar-refractivity contribution >= 4 is 27.4 Å². The molecule has 0 radical (unpaired) electrons. The molecule has 1 aliphatic heterocycles. The lowest BCUT2D eigenvalue weighted by atomic mass is 10.0. The quantitative estimate of drug-likeness (QED) is 0.562. The smallest absolute Gasteiger partial charge is 0.243 e. The Kier molecular flexibility index (Phi) is 7.13. The highest BCUT2D eigenvalue weighted by Gasteiger charge is 2.30. The van der Waals surface area contributed by atoms with Gasteiger partial charge < -0.3 is 10.2 Å². The van der Waals surface area contributed by atoms with Gasteiger partial charge in [0.1, 0.15) is 17.5 Å². The number of aryl methyl sites for hydroxylation is 2. The minimum atomic E-state index is -3.67. The summed E-state index contributed by atoms with van der Waals surface area (Å²) in [5.74, 6) is 0.883. The van der Waals surface area contributed by atoms with E-state index >= 15 is 0 Å². The van der Waals surface area contributed by atoms with Crippen LogP contribution in [-0.2, 0) is 21.2 Å². The summed E-state index contributed by atoms with van der Waals surface area (Å²) >= 11 is 0. The molecule has 1 saturated heterocycles. The molecular formula is C25H28FN5O3S. The molecule has 3 aromatic rings. The van der Waals surface area contributed by atoms with Gasteiger partial charge >= 0.3 is 0 Å². The average Bonchev–Trinajstić information content (AvgIpc) is 2.81. The Hall–Kier alpha value is -3.37. The molecule has 1 fully saturated rings. The molecule has 2 aromatic carbocycles. The van der Waals surface area contributed by atoms with Crippen LogP contribution in [0.5, 0.6) is 0 Å². The Morgan fingerprint density at radius 1 is 1.03 bits per heavy atom. The zero-order valence-corrected chi connectivity index (χ0v) is 20.8. The summed E-state index contributed by atoms with van der Waals surface area (Å²) in [5.41, 5.74) is 3.10. The van der Waals surface area contributed by atoms with Gasteiger partial charge in [0, 0.05) is 56.5 Å². The highest BCUT2D eigenvalue weighted by Crippen LogP contribution is 2.27. The topological polar surface area (TPSA) is 95.5 Å². The number of halogens is 1. The second-order valence-electron chi connectivity index (χ2n) is 8.56. The van der Waals surface area contributed by atoms with Gasteiger partial charge in [-0.1, -0.05) is 12.1 Å². The van der Waals surface area contributed by atoms with E-state index in [0.29, 0.717) is 44.1 Å². The first kappa shape index (κ1) is 24.7. The SMILES string of the molecule is CC(=O)Nc1ccc(S(=O)(=O)N2CCN(c3nc(C)nc(C)c3Cc3cccc(F)c3)CC2)cc1. The molecule has 1 N–H and O–H groups in total. The summed E-state index contributed by atoms with van der Waals surface area (Å²) in [6, 6.07) is 12.6. The molecule has 0 spiro atoms. The van der Waals surface area contributed by atoms with Crippen LogP contribution in [0.4, 0.5) is 15.9 Å². The fraction of sp³-hybridized carbons (Fsp3) is 0.320. The number of aromatic nitrogens is 2. The minimum absolute atomic E-state index is 0.181. The molecule has 35 heavy (non-hydrogen) atoms. The van der Waals surface area contributed by atoms with E-state index in [0.717, 1.165) is 22.6 Å². The van der Waals surface area contributed by atoms with Gasteiger partial charge in [-0.2, -0.15) is 4.31 Å². The lowest BCUT2D eigenvalue weighted by Gasteiger charge is -2.36. The van der Waals surface area contributed by atoms with E-state index in [9.17, 15) is 17.6 Å². The van der Waals surface area contributed by atoms with Crippen LogP contribution in [0.1, 0.15) is 29.6 Å². The second kappa shape index (κ2) is 10.1. The van der Waals surface area contributed by atoms with E-state index in [-0.39, 0.29) is 16.6 Å². The summed E-state index contributed by atoms with van der Waals surface area (Å²) in [5, 5.41) is 2.63. The first-order chi connectivity index (χ1) is 16.6. The van der Waals surface area contributed by atoms with Crippen LogP contribution in [0.25, 0.3) is 0 Å². The first-order valence-corrected chi connectivity index (χ1v) is 12.8. The molecule has 2 heterocycles. The molecular weight excluding hydrogens is 469 g/mol. The molecule has 0 atom stereocenters. The Morgan fingerprint density at radius 2 is 1.71 bits per heavy atom. The van der Waals surface area contributed by atoms with Crippen molar-refractivity contribution in [1.29, 1.82) is 0 Å². The van der Waals surface area contributed by atoms with Crippen molar-refractivity contribution in [3.63, 3.8) is 0 Å². The maximum absolute atomic E-state index is 13.7. The van der Waals surface area contributed by atoms with Crippen LogP contribution in [0, 0.1) is 19.7 Å². The summed E-state index contributed by atoms with van der Waals surface area (Å²) < 4.78 is 41.5. The highest BCUT2D eigenvalue weighted by molar-refractivity contribution is 7.89. The van der Waals surface area contributed by atoms with Crippen LogP contribution >= 0.6 is 0 Å². The Bertz CT molecular complexity index is 1340. The minimum Gasteiger partial charge on any atom is -0.354 e.